The average Bonchev–Trinajstić information content (AvgIpc) is 3.20. The minimum absolute atomic E-state index is 0.0215. The number of amides is 1. The van der Waals surface area contributed by atoms with Crippen LogP contribution in [0.3, 0.4) is 0 Å². The molecule has 2 heterocycles. The van der Waals surface area contributed by atoms with E-state index >= 15 is 0 Å². The summed E-state index contributed by atoms with van der Waals surface area (Å²) in [5.41, 5.74) is 3.51. The summed E-state index contributed by atoms with van der Waals surface area (Å²) in [5.74, 6) is 0.0215. The molecule has 0 unspecified atom stereocenters. The van der Waals surface area contributed by atoms with Crippen LogP contribution in [0.4, 0.5) is 0 Å². The fourth-order valence-corrected chi connectivity index (χ4v) is 3.77. The SMILES string of the molecule is CC/C=C/C=C/n1nc(-c2cc(Cl)cc(Cl)c2)cc1CCCC(=O)NCCc1cnccn1. The van der Waals surface area contributed by atoms with E-state index in [0.29, 0.717) is 42.3 Å². The first-order chi connectivity index (χ1) is 16.0. The zero-order chi connectivity index (χ0) is 23.5. The van der Waals surface area contributed by atoms with Gasteiger partial charge >= 0.3 is 0 Å². The molecule has 2 aromatic heterocycles. The van der Waals surface area contributed by atoms with Crippen LogP contribution in [0.25, 0.3) is 17.5 Å². The number of carbonyl (C=O) groups excluding carboxylic acids is 1. The van der Waals surface area contributed by atoms with Gasteiger partial charge in [-0.05, 0) is 49.6 Å². The standard InChI is InChI=1S/C25H27Cl2N5O/c1-2-3-4-5-13-32-23(17-24(31-32)19-14-20(26)16-21(27)15-19)7-6-8-25(33)30-10-9-22-18-28-11-12-29-22/h3-5,11-18H,2,6-10H2,1H3,(H,30,33)/b4-3+,13-5+. The molecule has 0 aliphatic heterocycles. The fourth-order valence-electron chi connectivity index (χ4n) is 3.25. The third kappa shape index (κ3) is 8.15. The average molecular weight is 484 g/mol. The molecule has 0 atom stereocenters. The van der Waals surface area contributed by atoms with Gasteiger partial charge in [-0.3, -0.25) is 14.8 Å². The second kappa shape index (κ2) is 12.9. The Bertz CT molecular complexity index is 1090. The molecule has 172 valence electrons. The van der Waals surface area contributed by atoms with Gasteiger partial charge in [0.1, 0.15) is 0 Å². The van der Waals surface area contributed by atoms with Crippen molar-refractivity contribution in [3.8, 4) is 11.3 Å². The van der Waals surface area contributed by atoms with Crippen molar-refractivity contribution in [2.24, 2.45) is 0 Å². The highest BCUT2D eigenvalue weighted by atomic mass is 35.5. The molecule has 0 bridgehead atoms. The van der Waals surface area contributed by atoms with Crippen LogP contribution in [0.5, 0.6) is 0 Å². The molecule has 33 heavy (non-hydrogen) atoms. The van der Waals surface area contributed by atoms with Gasteiger partial charge in [-0.2, -0.15) is 5.10 Å². The third-order valence-corrected chi connectivity index (χ3v) is 5.27. The lowest BCUT2D eigenvalue weighted by Crippen LogP contribution is -2.25. The molecule has 0 aliphatic rings. The van der Waals surface area contributed by atoms with Gasteiger partial charge in [0.15, 0.2) is 0 Å². The summed E-state index contributed by atoms with van der Waals surface area (Å²) < 4.78 is 1.84. The predicted octanol–water partition coefficient (Wildman–Crippen LogP) is 5.77. The molecular weight excluding hydrogens is 457 g/mol. The first-order valence-corrected chi connectivity index (χ1v) is 11.7. The van der Waals surface area contributed by atoms with Gasteiger partial charge in [0.25, 0.3) is 0 Å². The van der Waals surface area contributed by atoms with Gasteiger partial charge in [0.2, 0.25) is 5.91 Å². The van der Waals surface area contributed by atoms with E-state index in [0.717, 1.165) is 29.1 Å². The number of carbonyl (C=O) groups is 1. The number of allylic oxidation sites excluding steroid dienone is 3. The Hall–Kier alpha value is -2.96. The van der Waals surface area contributed by atoms with Crippen molar-refractivity contribution in [1.82, 2.24) is 25.1 Å². The van der Waals surface area contributed by atoms with Crippen molar-refractivity contribution in [1.29, 1.82) is 0 Å². The van der Waals surface area contributed by atoms with E-state index in [-0.39, 0.29) is 5.91 Å². The maximum absolute atomic E-state index is 12.2. The minimum atomic E-state index is 0.0215. The minimum Gasteiger partial charge on any atom is -0.356 e. The third-order valence-electron chi connectivity index (χ3n) is 4.84. The van der Waals surface area contributed by atoms with Crippen LogP contribution < -0.4 is 5.32 Å². The number of aromatic nitrogens is 4. The van der Waals surface area contributed by atoms with Crippen molar-refractivity contribution in [3.05, 3.63) is 82.5 Å². The molecular formula is C25H27Cl2N5O. The second-order valence-corrected chi connectivity index (χ2v) is 8.32. The summed E-state index contributed by atoms with van der Waals surface area (Å²) in [4.78, 5) is 20.5. The molecule has 0 saturated heterocycles. The van der Waals surface area contributed by atoms with E-state index in [9.17, 15) is 4.79 Å². The van der Waals surface area contributed by atoms with Gasteiger partial charge in [0.05, 0.1) is 11.4 Å². The molecule has 0 spiro atoms. The largest absolute Gasteiger partial charge is 0.356 e. The van der Waals surface area contributed by atoms with Crippen LogP contribution in [0.2, 0.25) is 10.0 Å². The van der Waals surface area contributed by atoms with Crippen LogP contribution in [0.1, 0.15) is 37.6 Å². The van der Waals surface area contributed by atoms with E-state index in [1.807, 2.05) is 41.2 Å². The molecule has 8 heteroatoms. The van der Waals surface area contributed by atoms with Crippen LogP contribution in [-0.4, -0.2) is 32.2 Å². The molecule has 0 saturated carbocycles. The molecule has 1 aromatic carbocycles. The number of nitrogens with zero attached hydrogens (tertiary/aromatic N) is 4. The highest BCUT2D eigenvalue weighted by Crippen LogP contribution is 2.27. The maximum atomic E-state index is 12.2. The summed E-state index contributed by atoms with van der Waals surface area (Å²) in [6.45, 7) is 2.63. The van der Waals surface area contributed by atoms with Gasteiger partial charge in [-0.1, -0.05) is 42.3 Å². The number of aryl methyl sites for hydroxylation is 1. The lowest BCUT2D eigenvalue weighted by molar-refractivity contribution is -0.121. The lowest BCUT2D eigenvalue weighted by atomic mass is 10.1. The van der Waals surface area contributed by atoms with Crippen molar-refractivity contribution in [3.63, 3.8) is 0 Å². The fraction of sp³-hybridized carbons (Fsp3) is 0.280. The molecule has 0 radical (unpaired) electrons. The Morgan fingerprint density at radius 3 is 2.64 bits per heavy atom. The summed E-state index contributed by atoms with van der Waals surface area (Å²) in [7, 11) is 0. The Morgan fingerprint density at radius 1 is 1.09 bits per heavy atom. The Labute approximate surface area is 204 Å². The predicted molar refractivity (Wildman–Crippen MR) is 134 cm³/mol. The van der Waals surface area contributed by atoms with E-state index in [2.05, 4.69) is 28.3 Å². The van der Waals surface area contributed by atoms with Gasteiger partial charge in [-0.25, -0.2) is 4.68 Å². The normalized spacial score (nSPS) is 11.5. The van der Waals surface area contributed by atoms with Crippen molar-refractivity contribution in [2.45, 2.75) is 39.0 Å². The molecule has 3 aromatic rings. The van der Waals surface area contributed by atoms with Crippen LogP contribution in [-0.2, 0) is 17.6 Å². The maximum Gasteiger partial charge on any atom is 0.220 e. The number of halogens is 2. The molecule has 0 fully saturated rings. The van der Waals surface area contributed by atoms with Crippen LogP contribution in [0.15, 0.2) is 61.1 Å². The Balaban J connectivity index is 1.61. The van der Waals surface area contributed by atoms with Crippen molar-refractivity contribution >= 4 is 35.3 Å². The van der Waals surface area contributed by atoms with Gasteiger partial charge in [0, 0.05) is 65.5 Å². The highest BCUT2D eigenvalue weighted by molar-refractivity contribution is 6.35. The monoisotopic (exact) mass is 483 g/mol. The number of rotatable bonds is 11. The summed E-state index contributed by atoms with van der Waals surface area (Å²) >= 11 is 12.3. The van der Waals surface area contributed by atoms with E-state index < -0.39 is 0 Å². The van der Waals surface area contributed by atoms with E-state index in [1.165, 1.54) is 0 Å². The van der Waals surface area contributed by atoms with Crippen molar-refractivity contribution in [2.75, 3.05) is 6.54 Å². The second-order valence-electron chi connectivity index (χ2n) is 7.45. The zero-order valence-corrected chi connectivity index (χ0v) is 20.1. The van der Waals surface area contributed by atoms with Crippen LogP contribution >= 0.6 is 23.2 Å². The van der Waals surface area contributed by atoms with Crippen molar-refractivity contribution < 1.29 is 4.79 Å². The van der Waals surface area contributed by atoms with E-state index in [1.54, 1.807) is 24.7 Å². The summed E-state index contributed by atoms with van der Waals surface area (Å²) in [5, 5.41) is 8.78. The molecule has 0 aliphatic carbocycles. The first-order valence-electron chi connectivity index (χ1n) is 10.9. The van der Waals surface area contributed by atoms with Gasteiger partial charge < -0.3 is 5.32 Å². The summed E-state index contributed by atoms with van der Waals surface area (Å²) in [6.07, 6.45) is 16.4. The number of nitrogens with one attached hydrogen (secondary N) is 1. The Morgan fingerprint density at radius 2 is 1.91 bits per heavy atom. The first kappa shape index (κ1) is 24.7. The van der Waals surface area contributed by atoms with Gasteiger partial charge in [-0.15, -0.1) is 0 Å². The number of hydrogen-bond donors (Lipinski definition) is 1. The smallest absolute Gasteiger partial charge is 0.220 e. The quantitative estimate of drug-likeness (QED) is 0.351. The Kier molecular flexibility index (Phi) is 9.66. The van der Waals surface area contributed by atoms with E-state index in [4.69, 9.17) is 28.3 Å². The molecule has 1 N–H and O–H groups in total. The molecule has 3 rings (SSSR count). The molecule has 6 nitrogen and oxygen atoms in total. The molecule has 1 amide bonds. The topological polar surface area (TPSA) is 72.7 Å². The number of hydrogen-bond acceptors (Lipinski definition) is 4. The number of benzene rings is 1. The zero-order valence-electron chi connectivity index (χ0n) is 18.5. The lowest BCUT2D eigenvalue weighted by Gasteiger charge is -2.05. The van der Waals surface area contributed by atoms with Crippen LogP contribution in [0, 0.1) is 0 Å². The highest BCUT2D eigenvalue weighted by Gasteiger charge is 2.11. The summed E-state index contributed by atoms with van der Waals surface area (Å²) in [6, 6.07) is 7.40.